The molecule has 0 saturated heterocycles. The fourth-order valence-electron chi connectivity index (χ4n) is 3.04. The average molecular weight is 406 g/mol. The number of pyridine rings is 1. The normalized spacial score (nSPS) is 10.2. The lowest BCUT2D eigenvalue weighted by molar-refractivity contribution is -0.384. The number of nitriles is 1. The molecule has 0 amide bonds. The van der Waals surface area contributed by atoms with Crippen molar-refractivity contribution in [3.05, 3.63) is 58.1 Å². The highest BCUT2D eigenvalue weighted by Gasteiger charge is 2.20. The van der Waals surface area contributed by atoms with Crippen LogP contribution in [-0.4, -0.2) is 31.2 Å². The van der Waals surface area contributed by atoms with Crippen molar-refractivity contribution in [2.24, 2.45) is 0 Å². The summed E-state index contributed by atoms with van der Waals surface area (Å²) in [6.07, 6.45) is 0. The van der Waals surface area contributed by atoms with Gasteiger partial charge in [-0.1, -0.05) is 0 Å². The summed E-state index contributed by atoms with van der Waals surface area (Å²) >= 11 is 0. The first kappa shape index (κ1) is 20.4. The molecule has 0 saturated carbocycles. The molecule has 1 aromatic heterocycles. The van der Waals surface area contributed by atoms with Crippen molar-refractivity contribution in [3.63, 3.8) is 0 Å². The zero-order chi connectivity index (χ0) is 21.8. The number of anilines is 1. The Morgan fingerprint density at radius 3 is 2.10 bits per heavy atom. The van der Waals surface area contributed by atoms with E-state index in [4.69, 9.17) is 19.9 Å². The van der Waals surface area contributed by atoms with Gasteiger partial charge in [-0.05, 0) is 24.3 Å². The van der Waals surface area contributed by atoms with Crippen molar-refractivity contribution < 1.29 is 19.1 Å². The van der Waals surface area contributed by atoms with Crippen molar-refractivity contribution in [2.45, 2.75) is 0 Å². The van der Waals surface area contributed by atoms with E-state index in [1.807, 2.05) is 0 Å². The standard InChI is InChI=1S/C21H18N4O5/c1-28-18-10-20(30-3)19(29-2)9-15(18)14-8-17(24-21(23)16(14)11-22)12-4-6-13(7-5-12)25(26)27/h4-10H,1-3H3,(H2,23,24). The quantitative estimate of drug-likeness (QED) is 0.482. The van der Waals surface area contributed by atoms with E-state index in [1.54, 1.807) is 30.3 Å². The van der Waals surface area contributed by atoms with E-state index in [2.05, 4.69) is 11.1 Å². The third-order valence-corrected chi connectivity index (χ3v) is 4.53. The molecule has 0 aliphatic carbocycles. The number of nitrogens with two attached hydrogens (primary N) is 1. The van der Waals surface area contributed by atoms with E-state index < -0.39 is 4.92 Å². The summed E-state index contributed by atoms with van der Waals surface area (Å²) in [5.41, 5.74) is 8.30. The van der Waals surface area contributed by atoms with Crippen LogP contribution in [0.4, 0.5) is 11.5 Å². The molecule has 3 rings (SSSR count). The minimum atomic E-state index is -0.482. The molecule has 2 N–H and O–H groups in total. The van der Waals surface area contributed by atoms with Gasteiger partial charge in [0.1, 0.15) is 23.2 Å². The van der Waals surface area contributed by atoms with Crippen molar-refractivity contribution in [3.8, 4) is 45.7 Å². The second-order valence-corrected chi connectivity index (χ2v) is 6.14. The zero-order valence-corrected chi connectivity index (χ0v) is 16.5. The van der Waals surface area contributed by atoms with Crippen molar-refractivity contribution in [1.29, 1.82) is 5.26 Å². The van der Waals surface area contributed by atoms with Crippen LogP contribution in [0.1, 0.15) is 5.56 Å². The predicted octanol–water partition coefficient (Wildman–Crippen LogP) is 3.80. The van der Waals surface area contributed by atoms with E-state index in [9.17, 15) is 15.4 Å². The molecular weight excluding hydrogens is 388 g/mol. The number of nitrogens with zero attached hydrogens (tertiary/aromatic N) is 3. The van der Waals surface area contributed by atoms with Gasteiger partial charge < -0.3 is 19.9 Å². The molecular formula is C21H18N4O5. The third kappa shape index (κ3) is 3.66. The van der Waals surface area contributed by atoms with Gasteiger partial charge in [-0.3, -0.25) is 10.1 Å². The summed E-state index contributed by atoms with van der Waals surface area (Å²) in [6, 6.07) is 13.0. The van der Waals surface area contributed by atoms with Crippen LogP contribution in [0, 0.1) is 21.4 Å². The van der Waals surface area contributed by atoms with E-state index in [0.717, 1.165) is 0 Å². The van der Waals surface area contributed by atoms with Gasteiger partial charge in [0.2, 0.25) is 0 Å². The number of nitro groups is 1. The second-order valence-electron chi connectivity index (χ2n) is 6.14. The molecule has 0 radical (unpaired) electrons. The van der Waals surface area contributed by atoms with Crippen molar-refractivity contribution in [2.75, 3.05) is 27.1 Å². The number of non-ortho nitro benzene ring substituents is 1. The Balaban J connectivity index is 2.25. The first-order chi connectivity index (χ1) is 14.4. The molecule has 152 valence electrons. The molecule has 0 fully saturated rings. The second kappa shape index (κ2) is 8.36. The van der Waals surface area contributed by atoms with Crippen LogP contribution in [0.15, 0.2) is 42.5 Å². The minimum absolute atomic E-state index is 0.0280. The molecule has 0 atom stereocenters. The fraction of sp³-hybridized carbons (Fsp3) is 0.143. The smallest absolute Gasteiger partial charge is 0.269 e. The Morgan fingerprint density at radius 1 is 0.967 bits per heavy atom. The molecule has 3 aromatic rings. The monoisotopic (exact) mass is 406 g/mol. The van der Waals surface area contributed by atoms with Crippen molar-refractivity contribution >= 4 is 11.5 Å². The number of nitrogen functional groups attached to an aromatic ring is 1. The minimum Gasteiger partial charge on any atom is -0.496 e. The van der Waals surface area contributed by atoms with Crippen LogP contribution < -0.4 is 19.9 Å². The first-order valence-corrected chi connectivity index (χ1v) is 8.69. The fourth-order valence-corrected chi connectivity index (χ4v) is 3.04. The molecule has 0 aliphatic heterocycles. The highest BCUT2D eigenvalue weighted by Crippen LogP contribution is 2.42. The summed E-state index contributed by atoms with van der Waals surface area (Å²) in [6.45, 7) is 0. The summed E-state index contributed by atoms with van der Waals surface area (Å²) in [5, 5.41) is 20.6. The highest BCUT2D eigenvalue weighted by molar-refractivity contribution is 5.84. The van der Waals surface area contributed by atoms with Crippen LogP contribution in [0.3, 0.4) is 0 Å². The number of benzene rings is 2. The van der Waals surface area contributed by atoms with Gasteiger partial charge in [0.25, 0.3) is 5.69 Å². The maximum absolute atomic E-state index is 10.9. The number of hydrogen-bond donors (Lipinski definition) is 1. The lowest BCUT2D eigenvalue weighted by Gasteiger charge is -2.16. The molecule has 0 aliphatic rings. The lowest BCUT2D eigenvalue weighted by atomic mass is 9.97. The van der Waals surface area contributed by atoms with Gasteiger partial charge in [-0.15, -0.1) is 0 Å². The van der Waals surface area contributed by atoms with E-state index in [-0.39, 0.29) is 17.1 Å². The number of ether oxygens (including phenoxy) is 3. The van der Waals surface area contributed by atoms with Crippen LogP contribution in [0.5, 0.6) is 17.2 Å². The number of aromatic nitrogens is 1. The van der Waals surface area contributed by atoms with E-state index >= 15 is 0 Å². The summed E-state index contributed by atoms with van der Waals surface area (Å²) < 4.78 is 16.2. The summed E-state index contributed by atoms with van der Waals surface area (Å²) in [7, 11) is 4.51. The maximum atomic E-state index is 10.9. The molecule has 1 heterocycles. The Bertz CT molecular complexity index is 1150. The molecule has 0 spiro atoms. The SMILES string of the molecule is COc1cc(OC)c(-c2cc(-c3ccc([N+](=O)[O-])cc3)nc(N)c2C#N)cc1OC. The zero-order valence-electron chi connectivity index (χ0n) is 16.5. The average Bonchev–Trinajstić information content (AvgIpc) is 2.77. The van der Waals surface area contributed by atoms with Gasteiger partial charge in [-0.25, -0.2) is 4.98 Å². The van der Waals surface area contributed by atoms with Gasteiger partial charge in [-0.2, -0.15) is 5.26 Å². The van der Waals surface area contributed by atoms with Crippen molar-refractivity contribution in [1.82, 2.24) is 4.98 Å². The van der Waals surface area contributed by atoms with Gasteiger partial charge in [0.15, 0.2) is 11.5 Å². The Morgan fingerprint density at radius 2 is 1.57 bits per heavy atom. The van der Waals surface area contributed by atoms with Gasteiger partial charge in [0, 0.05) is 34.9 Å². The van der Waals surface area contributed by atoms with Gasteiger partial charge >= 0.3 is 0 Å². The first-order valence-electron chi connectivity index (χ1n) is 8.69. The molecule has 9 nitrogen and oxygen atoms in total. The van der Waals surface area contributed by atoms with Crippen LogP contribution in [-0.2, 0) is 0 Å². The molecule has 0 unspecified atom stereocenters. The van der Waals surface area contributed by atoms with Crippen LogP contribution >= 0.6 is 0 Å². The van der Waals surface area contributed by atoms with E-state index in [1.165, 1.54) is 33.5 Å². The largest absolute Gasteiger partial charge is 0.496 e. The van der Waals surface area contributed by atoms with Gasteiger partial charge in [0.05, 0.1) is 31.9 Å². The van der Waals surface area contributed by atoms with E-state index in [0.29, 0.717) is 39.6 Å². The predicted molar refractivity (Wildman–Crippen MR) is 111 cm³/mol. The number of nitro benzene ring substituents is 1. The summed E-state index contributed by atoms with van der Waals surface area (Å²) in [5.74, 6) is 1.39. The molecule has 9 heteroatoms. The number of methoxy groups -OCH3 is 3. The summed E-state index contributed by atoms with van der Waals surface area (Å²) in [4.78, 5) is 14.7. The molecule has 2 aromatic carbocycles. The maximum Gasteiger partial charge on any atom is 0.269 e. The third-order valence-electron chi connectivity index (χ3n) is 4.53. The molecule has 30 heavy (non-hydrogen) atoms. The Kier molecular flexibility index (Phi) is 5.69. The molecule has 0 bridgehead atoms. The lowest BCUT2D eigenvalue weighted by Crippen LogP contribution is -2.01. The van der Waals surface area contributed by atoms with Crippen LogP contribution in [0.25, 0.3) is 22.4 Å². The number of hydrogen-bond acceptors (Lipinski definition) is 8. The highest BCUT2D eigenvalue weighted by atomic mass is 16.6. The Labute approximate surface area is 172 Å². The topological polar surface area (TPSA) is 134 Å². The number of rotatable bonds is 6. The Hall–Kier alpha value is -4.32. The van der Waals surface area contributed by atoms with Crippen LogP contribution in [0.2, 0.25) is 0 Å².